The number of benzene rings is 1. The monoisotopic (exact) mass is 291 g/mol. The third-order valence-corrected chi connectivity index (χ3v) is 2.89. The number of nitrogens with zero attached hydrogens (tertiary/aromatic N) is 2. The first-order valence-electron chi connectivity index (χ1n) is 6.62. The van der Waals surface area contributed by atoms with Gasteiger partial charge in [0.15, 0.2) is 0 Å². The molecule has 6 heteroatoms. The Labute approximate surface area is 125 Å². The summed E-state index contributed by atoms with van der Waals surface area (Å²) in [6.45, 7) is 1.78. The molecule has 21 heavy (non-hydrogen) atoms. The molecular weight excluding hydrogens is 270 g/mol. The van der Waals surface area contributed by atoms with Gasteiger partial charge >= 0.3 is 0 Å². The van der Waals surface area contributed by atoms with Crippen LogP contribution in [0.2, 0.25) is 0 Å². The van der Waals surface area contributed by atoms with Gasteiger partial charge in [0.1, 0.15) is 5.75 Å². The fourth-order valence-corrected chi connectivity index (χ4v) is 1.91. The standard InChI is InChI=1S/C15H21N3O3/c1-18(11-15(19)17-6-7-20-2)10-13-8-12(9-16)4-5-14(13)21-3/h4-5,8H,6-7,10-11H2,1-3H3,(H,17,19). The topological polar surface area (TPSA) is 74.6 Å². The van der Waals surface area contributed by atoms with Gasteiger partial charge in [-0.25, -0.2) is 0 Å². The van der Waals surface area contributed by atoms with Crippen LogP contribution >= 0.6 is 0 Å². The minimum atomic E-state index is -0.0649. The van der Waals surface area contributed by atoms with Gasteiger partial charge in [0, 0.05) is 25.8 Å². The first-order chi connectivity index (χ1) is 10.1. The molecule has 114 valence electrons. The van der Waals surface area contributed by atoms with E-state index in [9.17, 15) is 4.79 Å². The van der Waals surface area contributed by atoms with Crippen molar-refractivity contribution in [3.8, 4) is 11.8 Å². The maximum atomic E-state index is 11.7. The molecule has 1 aromatic rings. The van der Waals surface area contributed by atoms with E-state index < -0.39 is 0 Å². The van der Waals surface area contributed by atoms with E-state index in [0.29, 0.717) is 31.0 Å². The van der Waals surface area contributed by atoms with Crippen LogP contribution in [0.1, 0.15) is 11.1 Å². The van der Waals surface area contributed by atoms with Crippen molar-refractivity contribution in [1.82, 2.24) is 10.2 Å². The van der Waals surface area contributed by atoms with Crippen LogP contribution in [0.25, 0.3) is 0 Å². The van der Waals surface area contributed by atoms with Crippen LogP contribution < -0.4 is 10.1 Å². The number of rotatable bonds is 8. The van der Waals surface area contributed by atoms with Gasteiger partial charge in [-0.05, 0) is 25.2 Å². The summed E-state index contributed by atoms with van der Waals surface area (Å²) in [7, 11) is 5.02. The summed E-state index contributed by atoms with van der Waals surface area (Å²) in [5.41, 5.74) is 1.45. The molecule has 0 unspecified atom stereocenters. The lowest BCUT2D eigenvalue weighted by atomic mass is 10.1. The zero-order chi connectivity index (χ0) is 15.7. The van der Waals surface area contributed by atoms with E-state index in [4.69, 9.17) is 14.7 Å². The second-order valence-electron chi connectivity index (χ2n) is 4.65. The van der Waals surface area contributed by atoms with Crippen molar-refractivity contribution in [3.05, 3.63) is 29.3 Å². The molecule has 0 aliphatic rings. The van der Waals surface area contributed by atoms with Gasteiger partial charge in [-0.1, -0.05) is 0 Å². The fraction of sp³-hybridized carbons (Fsp3) is 0.467. The zero-order valence-corrected chi connectivity index (χ0v) is 12.7. The lowest BCUT2D eigenvalue weighted by molar-refractivity contribution is -0.122. The van der Waals surface area contributed by atoms with Gasteiger partial charge in [0.2, 0.25) is 5.91 Å². The molecule has 1 rings (SSSR count). The molecular formula is C15H21N3O3. The number of carbonyl (C=O) groups excluding carboxylic acids is 1. The molecule has 0 atom stereocenters. The molecule has 0 spiro atoms. The number of carbonyl (C=O) groups is 1. The quantitative estimate of drug-likeness (QED) is 0.716. The van der Waals surface area contributed by atoms with E-state index >= 15 is 0 Å². The Morgan fingerprint density at radius 3 is 2.81 bits per heavy atom. The lowest BCUT2D eigenvalue weighted by Gasteiger charge is -2.18. The molecule has 1 aromatic carbocycles. The molecule has 0 heterocycles. The lowest BCUT2D eigenvalue weighted by Crippen LogP contribution is -2.36. The van der Waals surface area contributed by atoms with Crippen LogP contribution in [0.15, 0.2) is 18.2 Å². The maximum absolute atomic E-state index is 11.7. The largest absolute Gasteiger partial charge is 0.496 e. The molecule has 0 fully saturated rings. The van der Waals surface area contributed by atoms with Crippen molar-refractivity contribution < 1.29 is 14.3 Å². The van der Waals surface area contributed by atoms with Gasteiger partial charge < -0.3 is 14.8 Å². The van der Waals surface area contributed by atoms with Crippen LogP contribution in [0, 0.1) is 11.3 Å². The van der Waals surface area contributed by atoms with E-state index in [0.717, 1.165) is 5.56 Å². The summed E-state index contributed by atoms with van der Waals surface area (Å²) in [5.74, 6) is 0.644. The number of hydrogen-bond donors (Lipinski definition) is 1. The van der Waals surface area contributed by atoms with Crippen LogP contribution in [0.4, 0.5) is 0 Å². The van der Waals surface area contributed by atoms with E-state index in [1.807, 2.05) is 11.9 Å². The van der Waals surface area contributed by atoms with Crippen molar-refractivity contribution in [2.24, 2.45) is 0 Å². The molecule has 0 aliphatic heterocycles. The van der Waals surface area contributed by atoms with E-state index in [1.54, 1.807) is 32.4 Å². The first-order valence-corrected chi connectivity index (χ1v) is 6.62. The summed E-state index contributed by atoms with van der Waals surface area (Å²) in [5, 5.41) is 11.7. The van der Waals surface area contributed by atoms with Gasteiger partial charge in [-0.2, -0.15) is 5.26 Å². The molecule has 0 radical (unpaired) electrons. The average molecular weight is 291 g/mol. The molecule has 0 saturated carbocycles. The van der Waals surface area contributed by atoms with Crippen LogP contribution in [-0.2, 0) is 16.1 Å². The third kappa shape index (κ3) is 5.81. The highest BCUT2D eigenvalue weighted by Gasteiger charge is 2.10. The van der Waals surface area contributed by atoms with Crippen molar-refractivity contribution in [1.29, 1.82) is 5.26 Å². The molecule has 0 bridgehead atoms. The van der Waals surface area contributed by atoms with E-state index in [2.05, 4.69) is 11.4 Å². The summed E-state index contributed by atoms with van der Waals surface area (Å²) in [4.78, 5) is 13.6. The zero-order valence-electron chi connectivity index (χ0n) is 12.7. The van der Waals surface area contributed by atoms with Crippen LogP contribution in [-0.4, -0.2) is 51.8 Å². The second-order valence-corrected chi connectivity index (χ2v) is 4.65. The van der Waals surface area contributed by atoms with Crippen molar-refractivity contribution in [2.75, 3.05) is 41.0 Å². The fourth-order valence-electron chi connectivity index (χ4n) is 1.91. The van der Waals surface area contributed by atoms with Gasteiger partial charge in [-0.15, -0.1) is 0 Å². The highest BCUT2D eigenvalue weighted by molar-refractivity contribution is 5.77. The average Bonchev–Trinajstić information content (AvgIpc) is 2.47. The molecule has 0 aliphatic carbocycles. The highest BCUT2D eigenvalue weighted by atomic mass is 16.5. The summed E-state index contributed by atoms with van der Waals surface area (Å²) >= 11 is 0. The number of hydrogen-bond acceptors (Lipinski definition) is 5. The van der Waals surface area contributed by atoms with Crippen molar-refractivity contribution in [3.63, 3.8) is 0 Å². The van der Waals surface area contributed by atoms with Crippen LogP contribution in [0.5, 0.6) is 5.75 Å². The van der Waals surface area contributed by atoms with Gasteiger partial charge in [0.05, 0.1) is 31.9 Å². The highest BCUT2D eigenvalue weighted by Crippen LogP contribution is 2.20. The summed E-state index contributed by atoms with van der Waals surface area (Å²) in [6.07, 6.45) is 0. The second kappa shape index (κ2) is 8.95. The third-order valence-electron chi connectivity index (χ3n) is 2.89. The molecule has 0 saturated heterocycles. The van der Waals surface area contributed by atoms with Crippen molar-refractivity contribution in [2.45, 2.75) is 6.54 Å². The Morgan fingerprint density at radius 1 is 1.43 bits per heavy atom. The Bertz CT molecular complexity index is 511. The number of ether oxygens (including phenoxy) is 2. The summed E-state index contributed by atoms with van der Waals surface area (Å²) < 4.78 is 10.2. The minimum Gasteiger partial charge on any atom is -0.496 e. The number of amides is 1. The smallest absolute Gasteiger partial charge is 0.234 e. The van der Waals surface area contributed by atoms with Gasteiger partial charge in [-0.3, -0.25) is 9.69 Å². The number of likely N-dealkylation sites (N-methyl/N-ethyl adjacent to an activating group) is 1. The molecule has 0 aromatic heterocycles. The first kappa shape index (κ1) is 17.0. The predicted octanol–water partition coefficient (Wildman–Crippen LogP) is 0.761. The molecule has 6 nitrogen and oxygen atoms in total. The van der Waals surface area contributed by atoms with Gasteiger partial charge in [0.25, 0.3) is 0 Å². The Kier molecular flexibility index (Phi) is 7.23. The Balaban J connectivity index is 2.59. The van der Waals surface area contributed by atoms with Crippen LogP contribution in [0.3, 0.4) is 0 Å². The number of methoxy groups -OCH3 is 2. The van der Waals surface area contributed by atoms with E-state index in [-0.39, 0.29) is 12.5 Å². The Hall–Kier alpha value is -2.10. The van der Waals surface area contributed by atoms with Crippen molar-refractivity contribution >= 4 is 5.91 Å². The summed E-state index contributed by atoms with van der Waals surface area (Å²) in [6, 6.07) is 7.35. The number of nitriles is 1. The Morgan fingerprint density at radius 2 is 2.19 bits per heavy atom. The maximum Gasteiger partial charge on any atom is 0.234 e. The van der Waals surface area contributed by atoms with E-state index in [1.165, 1.54) is 0 Å². The molecule has 1 amide bonds. The number of nitrogens with one attached hydrogen (secondary N) is 1. The normalized spacial score (nSPS) is 10.2. The SMILES string of the molecule is COCCNC(=O)CN(C)Cc1cc(C#N)ccc1OC. The molecule has 1 N–H and O–H groups in total. The predicted molar refractivity (Wildman–Crippen MR) is 78.9 cm³/mol. The minimum absolute atomic E-state index is 0.0649.